The maximum Gasteiger partial charge on any atom is 0.213 e. The SMILES string of the molecule is CCNC(=NCc1ccc(Br)cc1)NCc1ncc(C(C)(C)C)o1. The molecule has 0 unspecified atom stereocenters. The smallest absolute Gasteiger partial charge is 0.213 e. The fraction of sp³-hybridized carbons (Fsp3) is 0.444. The second-order valence-electron chi connectivity index (χ2n) is 6.54. The second kappa shape index (κ2) is 8.33. The number of aromatic nitrogens is 1. The van der Waals surface area contributed by atoms with Gasteiger partial charge in [0.1, 0.15) is 5.76 Å². The quantitative estimate of drug-likeness (QED) is 0.596. The Hall–Kier alpha value is -1.82. The molecule has 0 aliphatic heterocycles. The zero-order valence-corrected chi connectivity index (χ0v) is 16.3. The first kappa shape index (κ1) is 18.5. The Kier molecular flexibility index (Phi) is 6.43. The van der Waals surface area contributed by atoms with Crippen molar-refractivity contribution in [3.8, 4) is 0 Å². The van der Waals surface area contributed by atoms with Gasteiger partial charge in [0.15, 0.2) is 5.96 Å². The molecule has 24 heavy (non-hydrogen) atoms. The van der Waals surface area contributed by atoms with Crippen molar-refractivity contribution in [3.63, 3.8) is 0 Å². The van der Waals surface area contributed by atoms with Crippen molar-refractivity contribution in [2.24, 2.45) is 4.99 Å². The molecule has 1 aromatic carbocycles. The van der Waals surface area contributed by atoms with Crippen molar-refractivity contribution in [3.05, 3.63) is 52.1 Å². The lowest BCUT2D eigenvalue weighted by molar-refractivity contribution is 0.379. The molecule has 0 aliphatic rings. The highest BCUT2D eigenvalue weighted by molar-refractivity contribution is 9.10. The summed E-state index contributed by atoms with van der Waals surface area (Å²) in [7, 11) is 0. The van der Waals surface area contributed by atoms with Crippen LogP contribution in [0.15, 0.2) is 44.3 Å². The van der Waals surface area contributed by atoms with Crippen molar-refractivity contribution in [2.45, 2.75) is 46.2 Å². The summed E-state index contributed by atoms with van der Waals surface area (Å²) in [5.74, 6) is 2.29. The second-order valence-corrected chi connectivity index (χ2v) is 7.46. The number of aliphatic imine (C=N–C) groups is 1. The third-order valence-corrected chi connectivity index (χ3v) is 3.91. The lowest BCUT2D eigenvalue weighted by atomic mass is 9.94. The van der Waals surface area contributed by atoms with E-state index in [1.807, 2.05) is 19.1 Å². The van der Waals surface area contributed by atoms with Gasteiger partial charge in [-0.15, -0.1) is 0 Å². The normalized spacial score (nSPS) is 12.3. The number of nitrogens with one attached hydrogen (secondary N) is 2. The van der Waals surface area contributed by atoms with Crippen LogP contribution in [0.3, 0.4) is 0 Å². The molecule has 2 N–H and O–H groups in total. The highest BCUT2D eigenvalue weighted by atomic mass is 79.9. The maximum atomic E-state index is 5.79. The fourth-order valence-electron chi connectivity index (χ4n) is 2.00. The summed E-state index contributed by atoms with van der Waals surface area (Å²) in [6.07, 6.45) is 1.79. The molecule has 2 aromatic rings. The van der Waals surface area contributed by atoms with Gasteiger partial charge in [0.05, 0.1) is 19.3 Å². The monoisotopic (exact) mass is 392 g/mol. The lowest BCUT2D eigenvalue weighted by Crippen LogP contribution is -2.36. The molecule has 0 amide bonds. The van der Waals surface area contributed by atoms with Gasteiger partial charge in [-0.1, -0.05) is 48.8 Å². The molecular formula is C18H25BrN4O. The molecule has 0 radical (unpaired) electrons. The average molecular weight is 393 g/mol. The summed E-state index contributed by atoms with van der Waals surface area (Å²) in [5, 5.41) is 6.49. The van der Waals surface area contributed by atoms with E-state index < -0.39 is 0 Å². The molecule has 6 heteroatoms. The molecule has 0 saturated carbocycles. The van der Waals surface area contributed by atoms with Gasteiger partial charge in [-0.2, -0.15) is 0 Å². The van der Waals surface area contributed by atoms with Gasteiger partial charge < -0.3 is 15.1 Å². The van der Waals surface area contributed by atoms with Crippen LogP contribution in [-0.2, 0) is 18.5 Å². The number of hydrogen-bond donors (Lipinski definition) is 2. The van der Waals surface area contributed by atoms with Crippen LogP contribution in [-0.4, -0.2) is 17.5 Å². The molecule has 0 aliphatic carbocycles. The van der Waals surface area contributed by atoms with Gasteiger partial charge in [-0.05, 0) is 24.6 Å². The van der Waals surface area contributed by atoms with Gasteiger partial charge in [-0.3, -0.25) is 0 Å². The van der Waals surface area contributed by atoms with E-state index in [2.05, 4.69) is 69.4 Å². The topological polar surface area (TPSA) is 62.5 Å². The minimum atomic E-state index is -0.0363. The Labute approximate surface area is 152 Å². The van der Waals surface area contributed by atoms with Crippen molar-refractivity contribution in [2.75, 3.05) is 6.54 Å². The molecule has 0 bridgehead atoms. The van der Waals surface area contributed by atoms with Crippen molar-refractivity contribution < 1.29 is 4.42 Å². The number of rotatable bonds is 5. The van der Waals surface area contributed by atoms with E-state index in [0.29, 0.717) is 19.0 Å². The Morgan fingerprint density at radius 3 is 2.50 bits per heavy atom. The fourth-order valence-corrected chi connectivity index (χ4v) is 2.26. The van der Waals surface area contributed by atoms with Crippen LogP contribution < -0.4 is 10.6 Å². The zero-order chi connectivity index (χ0) is 17.6. The van der Waals surface area contributed by atoms with Crippen LogP contribution in [0.2, 0.25) is 0 Å². The molecule has 2 rings (SSSR count). The number of nitrogens with zero attached hydrogens (tertiary/aromatic N) is 2. The predicted octanol–water partition coefficient (Wildman–Crippen LogP) is 3.99. The van der Waals surface area contributed by atoms with E-state index in [0.717, 1.165) is 28.3 Å². The van der Waals surface area contributed by atoms with Crippen LogP contribution in [0.1, 0.15) is 44.9 Å². The van der Waals surface area contributed by atoms with Gasteiger partial charge in [0.2, 0.25) is 5.89 Å². The first-order valence-electron chi connectivity index (χ1n) is 8.10. The first-order valence-corrected chi connectivity index (χ1v) is 8.89. The summed E-state index contributed by atoms with van der Waals surface area (Å²) in [4.78, 5) is 8.92. The van der Waals surface area contributed by atoms with E-state index in [9.17, 15) is 0 Å². The van der Waals surface area contributed by atoms with Gasteiger partial charge >= 0.3 is 0 Å². The molecule has 1 heterocycles. The molecule has 0 atom stereocenters. The standard InChI is InChI=1S/C18H25BrN4O/c1-5-20-17(22-10-13-6-8-14(19)9-7-13)23-12-16-21-11-15(24-16)18(2,3)4/h6-9,11H,5,10,12H2,1-4H3,(H2,20,22,23). The summed E-state index contributed by atoms with van der Waals surface area (Å²) < 4.78 is 6.86. The summed E-state index contributed by atoms with van der Waals surface area (Å²) in [5.41, 5.74) is 1.12. The van der Waals surface area contributed by atoms with Crippen LogP contribution in [0.25, 0.3) is 0 Å². The van der Waals surface area contributed by atoms with Crippen molar-refractivity contribution in [1.82, 2.24) is 15.6 Å². The minimum absolute atomic E-state index is 0.0363. The van der Waals surface area contributed by atoms with Gasteiger partial charge in [0, 0.05) is 16.4 Å². The Morgan fingerprint density at radius 2 is 1.92 bits per heavy atom. The number of hydrogen-bond acceptors (Lipinski definition) is 3. The molecule has 0 spiro atoms. The summed E-state index contributed by atoms with van der Waals surface area (Å²) in [6.45, 7) is 10.3. The van der Waals surface area contributed by atoms with Crippen LogP contribution in [0, 0.1) is 0 Å². The van der Waals surface area contributed by atoms with Gasteiger partial charge in [-0.25, -0.2) is 9.98 Å². The maximum absolute atomic E-state index is 5.79. The van der Waals surface area contributed by atoms with E-state index in [1.54, 1.807) is 6.20 Å². The number of halogens is 1. The molecule has 5 nitrogen and oxygen atoms in total. The zero-order valence-electron chi connectivity index (χ0n) is 14.7. The summed E-state index contributed by atoms with van der Waals surface area (Å²) in [6, 6.07) is 8.15. The van der Waals surface area contributed by atoms with E-state index in [4.69, 9.17) is 4.42 Å². The van der Waals surface area contributed by atoms with E-state index in [-0.39, 0.29) is 5.41 Å². The highest BCUT2D eigenvalue weighted by Crippen LogP contribution is 2.22. The number of guanidine groups is 1. The number of benzene rings is 1. The largest absolute Gasteiger partial charge is 0.443 e. The Bertz CT molecular complexity index is 671. The third-order valence-electron chi connectivity index (χ3n) is 3.38. The van der Waals surface area contributed by atoms with E-state index >= 15 is 0 Å². The van der Waals surface area contributed by atoms with Crippen molar-refractivity contribution >= 4 is 21.9 Å². The molecule has 1 aromatic heterocycles. The first-order chi connectivity index (χ1) is 11.4. The Balaban J connectivity index is 1.96. The molecular weight excluding hydrogens is 368 g/mol. The number of oxazole rings is 1. The Morgan fingerprint density at radius 1 is 1.21 bits per heavy atom. The van der Waals surface area contributed by atoms with Crippen LogP contribution in [0.4, 0.5) is 0 Å². The van der Waals surface area contributed by atoms with Crippen LogP contribution >= 0.6 is 15.9 Å². The molecule has 0 saturated heterocycles. The summed E-state index contributed by atoms with van der Waals surface area (Å²) >= 11 is 3.44. The minimum Gasteiger partial charge on any atom is -0.443 e. The van der Waals surface area contributed by atoms with Crippen molar-refractivity contribution in [1.29, 1.82) is 0 Å². The van der Waals surface area contributed by atoms with Gasteiger partial charge in [0.25, 0.3) is 0 Å². The van der Waals surface area contributed by atoms with Crippen LogP contribution in [0.5, 0.6) is 0 Å². The predicted molar refractivity (Wildman–Crippen MR) is 101 cm³/mol. The highest BCUT2D eigenvalue weighted by Gasteiger charge is 2.19. The third kappa shape index (κ3) is 5.67. The molecule has 0 fully saturated rings. The van der Waals surface area contributed by atoms with E-state index in [1.165, 1.54) is 0 Å². The average Bonchev–Trinajstić information content (AvgIpc) is 3.01. The molecule has 130 valence electrons. The lowest BCUT2D eigenvalue weighted by Gasteiger charge is -2.13.